The molecule has 3 N–H and O–H groups in total. The lowest BCUT2D eigenvalue weighted by molar-refractivity contribution is -0.137. The molecule has 6 nitrogen and oxygen atoms in total. The van der Waals surface area contributed by atoms with Gasteiger partial charge in [-0.1, -0.05) is 18.2 Å². The number of anilines is 1. The van der Waals surface area contributed by atoms with Gasteiger partial charge in [-0.25, -0.2) is 0 Å². The molecule has 1 aromatic carbocycles. The normalized spacial score (nSPS) is 24.6. The molecule has 0 aliphatic carbocycles. The van der Waals surface area contributed by atoms with Crippen molar-refractivity contribution in [2.75, 3.05) is 5.32 Å². The van der Waals surface area contributed by atoms with Crippen LogP contribution in [-0.2, 0) is 20.8 Å². The lowest BCUT2D eigenvalue weighted by Gasteiger charge is -2.23. The van der Waals surface area contributed by atoms with Crippen molar-refractivity contribution >= 4 is 23.4 Å². The predicted octanol–water partition coefficient (Wildman–Crippen LogP) is -0.0554. The molecule has 2 aliphatic rings. The molecule has 3 amide bonds. The molecule has 0 aromatic heterocycles. The zero-order valence-electron chi connectivity index (χ0n) is 10.8. The van der Waals surface area contributed by atoms with Gasteiger partial charge in [0, 0.05) is 18.5 Å². The van der Waals surface area contributed by atoms with Crippen LogP contribution >= 0.6 is 0 Å². The first kappa shape index (κ1) is 12.7. The number of hydrogen-bond donors (Lipinski definition) is 3. The average molecular weight is 273 g/mol. The van der Waals surface area contributed by atoms with E-state index in [4.69, 9.17) is 0 Å². The first-order chi connectivity index (χ1) is 9.63. The van der Waals surface area contributed by atoms with E-state index < -0.39 is 11.9 Å². The molecule has 0 radical (unpaired) electrons. The standard InChI is InChI=1S/C14H15N3O3/c18-12-6-5-10(13(19)17-12)16-14(20)11-7-8-3-1-2-4-9(8)15-11/h1-4,10-11,15H,5-7H2,(H,16,20)(H,17,18,19)/t10?,11-/m0/s1. The van der Waals surface area contributed by atoms with E-state index in [0.717, 1.165) is 11.3 Å². The minimum absolute atomic E-state index is 0.212. The van der Waals surface area contributed by atoms with Gasteiger partial charge in [-0.2, -0.15) is 0 Å². The summed E-state index contributed by atoms with van der Waals surface area (Å²) in [6, 6.07) is 6.76. The number of benzene rings is 1. The first-order valence-electron chi connectivity index (χ1n) is 6.62. The number of fused-ring (bicyclic) bond motifs is 1. The molecule has 20 heavy (non-hydrogen) atoms. The molecular weight excluding hydrogens is 258 g/mol. The molecule has 1 aromatic rings. The van der Waals surface area contributed by atoms with Gasteiger partial charge in [-0.3, -0.25) is 19.7 Å². The molecule has 3 rings (SSSR count). The van der Waals surface area contributed by atoms with Crippen LogP contribution in [0.4, 0.5) is 5.69 Å². The molecule has 1 fully saturated rings. The van der Waals surface area contributed by atoms with Crippen LogP contribution in [0.1, 0.15) is 18.4 Å². The van der Waals surface area contributed by atoms with Crippen LogP contribution in [0.15, 0.2) is 24.3 Å². The van der Waals surface area contributed by atoms with Crippen LogP contribution in [-0.4, -0.2) is 29.8 Å². The number of nitrogens with one attached hydrogen (secondary N) is 3. The summed E-state index contributed by atoms with van der Waals surface area (Å²) in [7, 11) is 0. The van der Waals surface area contributed by atoms with E-state index >= 15 is 0 Å². The van der Waals surface area contributed by atoms with Gasteiger partial charge in [0.05, 0.1) is 0 Å². The van der Waals surface area contributed by atoms with E-state index in [0.29, 0.717) is 12.8 Å². The number of carbonyl (C=O) groups is 3. The second-order valence-electron chi connectivity index (χ2n) is 5.07. The van der Waals surface area contributed by atoms with Gasteiger partial charge in [0.1, 0.15) is 12.1 Å². The Morgan fingerprint density at radius 2 is 2.05 bits per heavy atom. The number of imide groups is 1. The summed E-state index contributed by atoms with van der Waals surface area (Å²) >= 11 is 0. The molecular formula is C14H15N3O3. The van der Waals surface area contributed by atoms with Crippen LogP contribution in [0.3, 0.4) is 0 Å². The zero-order valence-corrected chi connectivity index (χ0v) is 10.8. The van der Waals surface area contributed by atoms with E-state index in [9.17, 15) is 14.4 Å². The van der Waals surface area contributed by atoms with Gasteiger partial charge >= 0.3 is 0 Å². The van der Waals surface area contributed by atoms with Gasteiger partial charge in [0.25, 0.3) is 0 Å². The molecule has 0 bridgehead atoms. The van der Waals surface area contributed by atoms with Gasteiger partial charge in [0.2, 0.25) is 17.7 Å². The second kappa shape index (κ2) is 4.96. The molecule has 0 spiro atoms. The Kier molecular flexibility index (Phi) is 3.14. The largest absolute Gasteiger partial charge is 0.373 e. The number of carbonyl (C=O) groups excluding carboxylic acids is 3. The SMILES string of the molecule is O=C1CCC(NC(=O)[C@@H]2Cc3ccccc3N2)C(=O)N1. The van der Waals surface area contributed by atoms with Crippen LogP contribution < -0.4 is 16.0 Å². The van der Waals surface area contributed by atoms with Crippen molar-refractivity contribution in [1.29, 1.82) is 0 Å². The highest BCUT2D eigenvalue weighted by molar-refractivity contribution is 6.02. The maximum absolute atomic E-state index is 12.2. The van der Waals surface area contributed by atoms with Crippen molar-refractivity contribution in [1.82, 2.24) is 10.6 Å². The summed E-state index contributed by atoms with van der Waals surface area (Å²) in [6.07, 6.45) is 1.22. The molecule has 104 valence electrons. The number of amides is 3. The summed E-state index contributed by atoms with van der Waals surface area (Å²) < 4.78 is 0. The molecule has 1 saturated heterocycles. The van der Waals surface area contributed by atoms with Crippen LogP contribution in [0.2, 0.25) is 0 Å². The van der Waals surface area contributed by atoms with E-state index in [1.165, 1.54) is 0 Å². The Bertz CT molecular complexity index is 560. The van der Waals surface area contributed by atoms with E-state index in [1.807, 2.05) is 24.3 Å². The maximum Gasteiger partial charge on any atom is 0.249 e. The van der Waals surface area contributed by atoms with Crippen LogP contribution in [0, 0.1) is 0 Å². The van der Waals surface area contributed by atoms with Crippen LogP contribution in [0.25, 0.3) is 0 Å². The Balaban J connectivity index is 1.61. The molecule has 0 saturated carbocycles. The van der Waals surface area contributed by atoms with Gasteiger partial charge in [-0.15, -0.1) is 0 Å². The number of rotatable bonds is 2. The van der Waals surface area contributed by atoms with E-state index in [1.54, 1.807) is 0 Å². The van der Waals surface area contributed by atoms with Crippen LogP contribution in [0.5, 0.6) is 0 Å². The highest BCUT2D eigenvalue weighted by Crippen LogP contribution is 2.25. The third-order valence-corrected chi connectivity index (χ3v) is 3.64. The molecule has 2 aliphatic heterocycles. The average Bonchev–Trinajstić information content (AvgIpc) is 2.86. The highest BCUT2D eigenvalue weighted by Gasteiger charge is 2.32. The third-order valence-electron chi connectivity index (χ3n) is 3.64. The lowest BCUT2D eigenvalue weighted by Crippen LogP contribution is -2.54. The Morgan fingerprint density at radius 3 is 2.80 bits per heavy atom. The van der Waals surface area contributed by atoms with Gasteiger partial charge in [-0.05, 0) is 18.1 Å². The topological polar surface area (TPSA) is 87.3 Å². The second-order valence-corrected chi connectivity index (χ2v) is 5.07. The van der Waals surface area contributed by atoms with Crippen molar-refractivity contribution in [3.8, 4) is 0 Å². The molecule has 6 heteroatoms. The van der Waals surface area contributed by atoms with Crippen molar-refractivity contribution in [2.24, 2.45) is 0 Å². The fourth-order valence-corrected chi connectivity index (χ4v) is 2.56. The Hall–Kier alpha value is -2.37. The minimum Gasteiger partial charge on any atom is -0.373 e. The fourth-order valence-electron chi connectivity index (χ4n) is 2.56. The van der Waals surface area contributed by atoms with Crippen molar-refractivity contribution in [3.63, 3.8) is 0 Å². The number of para-hydroxylation sites is 1. The fraction of sp³-hybridized carbons (Fsp3) is 0.357. The zero-order chi connectivity index (χ0) is 14.1. The maximum atomic E-state index is 12.2. The summed E-state index contributed by atoms with van der Waals surface area (Å²) in [5, 5.41) is 8.07. The number of hydrogen-bond acceptors (Lipinski definition) is 4. The van der Waals surface area contributed by atoms with E-state index in [2.05, 4.69) is 16.0 Å². The monoisotopic (exact) mass is 273 g/mol. The predicted molar refractivity (Wildman–Crippen MR) is 71.9 cm³/mol. The minimum atomic E-state index is -0.620. The summed E-state index contributed by atoms with van der Waals surface area (Å²) in [5.74, 6) is -0.923. The molecule has 1 unspecified atom stereocenters. The smallest absolute Gasteiger partial charge is 0.249 e. The Labute approximate surface area is 115 Å². The van der Waals surface area contributed by atoms with Gasteiger partial charge < -0.3 is 10.6 Å². The van der Waals surface area contributed by atoms with Gasteiger partial charge in [0.15, 0.2) is 0 Å². The van der Waals surface area contributed by atoms with Crippen molar-refractivity contribution in [2.45, 2.75) is 31.3 Å². The quantitative estimate of drug-likeness (QED) is 0.659. The van der Waals surface area contributed by atoms with E-state index in [-0.39, 0.29) is 24.3 Å². The van der Waals surface area contributed by atoms with Crippen molar-refractivity contribution < 1.29 is 14.4 Å². The van der Waals surface area contributed by atoms with Crippen molar-refractivity contribution in [3.05, 3.63) is 29.8 Å². The lowest BCUT2D eigenvalue weighted by atomic mass is 10.0. The summed E-state index contributed by atoms with van der Waals surface area (Å²) in [6.45, 7) is 0. The first-order valence-corrected chi connectivity index (χ1v) is 6.62. The molecule has 2 heterocycles. The summed E-state index contributed by atoms with van der Waals surface area (Å²) in [4.78, 5) is 34.8. The summed E-state index contributed by atoms with van der Waals surface area (Å²) in [5.41, 5.74) is 2.05. The number of piperidine rings is 1. The highest BCUT2D eigenvalue weighted by atomic mass is 16.2. The Morgan fingerprint density at radius 1 is 1.25 bits per heavy atom. The molecule has 2 atom stereocenters. The third kappa shape index (κ3) is 2.36.